The first kappa shape index (κ1) is 18.5. The van der Waals surface area contributed by atoms with E-state index < -0.39 is 0 Å². The van der Waals surface area contributed by atoms with Crippen molar-refractivity contribution in [2.75, 3.05) is 0 Å². The Kier molecular flexibility index (Phi) is 14.4. The Bertz CT molecular complexity index is 342. The molecule has 0 aliphatic carbocycles. The zero-order valence-electron chi connectivity index (χ0n) is 13.0. The zero-order chi connectivity index (χ0) is 14.9. The van der Waals surface area contributed by atoms with Crippen molar-refractivity contribution < 1.29 is 9.53 Å². The molecule has 20 heavy (non-hydrogen) atoms. The van der Waals surface area contributed by atoms with Crippen molar-refractivity contribution >= 4 is 5.97 Å². The molecule has 0 N–H and O–H groups in total. The molecule has 0 saturated heterocycles. The van der Waals surface area contributed by atoms with E-state index in [1.165, 1.54) is 51.7 Å². The first-order chi connectivity index (χ1) is 9.77. The molecule has 0 rings (SSSR count). The van der Waals surface area contributed by atoms with Crippen LogP contribution in [-0.2, 0) is 9.53 Å². The second-order valence-corrected chi connectivity index (χ2v) is 4.77. The summed E-state index contributed by atoms with van der Waals surface area (Å²) in [6.45, 7) is 3.53. The summed E-state index contributed by atoms with van der Waals surface area (Å²) in [5.74, 6) is 5.96. The quantitative estimate of drug-likeness (QED) is 0.238. The van der Waals surface area contributed by atoms with E-state index in [0.717, 1.165) is 19.3 Å². The first-order valence-electron chi connectivity index (χ1n) is 7.73. The molecule has 0 aliphatic heterocycles. The van der Waals surface area contributed by atoms with E-state index in [0.29, 0.717) is 0 Å². The second-order valence-electron chi connectivity index (χ2n) is 4.77. The Morgan fingerprint density at radius 1 is 1.05 bits per heavy atom. The number of allylic oxidation sites excluding steroid dienone is 3. The van der Waals surface area contributed by atoms with Crippen molar-refractivity contribution in [1.29, 1.82) is 0 Å². The van der Waals surface area contributed by atoms with Gasteiger partial charge in [0.05, 0.1) is 6.26 Å². The van der Waals surface area contributed by atoms with Crippen molar-refractivity contribution in [3.05, 3.63) is 24.5 Å². The Morgan fingerprint density at radius 3 is 2.45 bits per heavy atom. The van der Waals surface area contributed by atoms with Gasteiger partial charge in [-0.05, 0) is 37.8 Å². The predicted molar refractivity (Wildman–Crippen MR) is 85.0 cm³/mol. The average Bonchev–Trinajstić information content (AvgIpc) is 2.43. The smallest absolute Gasteiger partial charge is 0.307 e. The summed E-state index contributed by atoms with van der Waals surface area (Å²) in [4.78, 5) is 10.5. The molecule has 112 valence electrons. The van der Waals surface area contributed by atoms with Gasteiger partial charge in [0.2, 0.25) is 0 Å². The van der Waals surface area contributed by atoms with Crippen LogP contribution in [-0.4, -0.2) is 5.97 Å². The van der Waals surface area contributed by atoms with Crippen LogP contribution in [0.15, 0.2) is 24.5 Å². The molecule has 0 heterocycles. The van der Waals surface area contributed by atoms with Gasteiger partial charge in [-0.25, -0.2) is 0 Å². The highest BCUT2D eigenvalue weighted by atomic mass is 16.5. The summed E-state index contributed by atoms with van der Waals surface area (Å²) >= 11 is 0. The molecular weight excluding hydrogens is 248 g/mol. The van der Waals surface area contributed by atoms with E-state index in [9.17, 15) is 4.79 Å². The minimum absolute atomic E-state index is 0.255. The third kappa shape index (κ3) is 16.5. The van der Waals surface area contributed by atoms with Crippen LogP contribution in [0.1, 0.15) is 71.6 Å². The molecule has 0 atom stereocenters. The minimum atomic E-state index is -0.255. The minimum Gasteiger partial charge on any atom is -0.435 e. The Morgan fingerprint density at radius 2 is 1.75 bits per heavy atom. The summed E-state index contributed by atoms with van der Waals surface area (Å²) in [6.07, 6.45) is 18.0. The molecule has 0 amide bonds. The van der Waals surface area contributed by atoms with E-state index in [1.54, 1.807) is 0 Å². The number of esters is 1. The Balaban J connectivity index is 3.20. The molecule has 0 aromatic heterocycles. The van der Waals surface area contributed by atoms with E-state index in [-0.39, 0.29) is 5.97 Å². The first-order valence-corrected chi connectivity index (χ1v) is 7.73. The molecule has 0 radical (unpaired) electrons. The van der Waals surface area contributed by atoms with Crippen LogP contribution in [0, 0.1) is 11.8 Å². The number of ether oxygens (including phenoxy) is 1. The third-order valence-corrected chi connectivity index (χ3v) is 2.79. The molecule has 0 aromatic carbocycles. The van der Waals surface area contributed by atoms with Crippen LogP contribution in [0.5, 0.6) is 0 Å². The van der Waals surface area contributed by atoms with E-state index in [1.807, 2.05) is 12.2 Å². The standard InChI is InChI=1S/C18H28O2/c1-3-4-5-6-7-8-9-10-11-12-13-14-15-16-17-20-18(2)19/h4-5,16-17H,3,8-15H2,1-2H3/b5-4-,17-16-. The number of unbranched alkanes of at least 4 members (excludes halogenated alkanes) is 7. The number of hydrogen-bond donors (Lipinski definition) is 0. The van der Waals surface area contributed by atoms with Gasteiger partial charge in [-0.3, -0.25) is 4.79 Å². The summed E-state index contributed by atoms with van der Waals surface area (Å²) in [5.41, 5.74) is 0. The van der Waals surface area contributed by atoms with Crippen molar-refractivity contribution in [3.8, 4) is 11.8 Å². The third-order valence-electron chi connectivity index (χ3n) is 2.79. The van der Waals surface area contributed by atoms with Crippen LogP contribution in [0.2, 0.25) is 0 Å². The monoisotopic (exact) mass is 276 g/mol. The van der Waals surface area contributed by atoms with Crippen LogP contribution in [0.25, 0.3) is 0 Å². The molecule has 0 bridgehead atoms. The summed E-state index contributed by atoms with van der Waals surface area (Å²) < 4.78 is 4.71. The Labute approximate surface area is 124 Å². The molecule has 2 heteroatoms. The number of hydrogen-bond acceptors (Lipinski definition) is 2. The fraction of sp³-hybridized carbons (Fsp3) is 0.611. The molecular formula is C18H28O2. The van der Waals surface area contributed by atoms with Gasteiger partial charge in [-0.15, -0.1) is 0 Å². The average molecular weight is 276 g/mol. The SMILES string of the molecule is CC/C=C\C#CCCCCCCCC/C=C\OC(C)=O. The molecule has 0 saturated carbocycles. The van der Waals surface area contributed by atoms with Gasteiger partial charge < -0.3 is 4.74 Å². The van der Waals surface area contributed by atoms with E-state index in [2.05, 4.69) is 24.8 Å². The number of rotatable bonds is 10. The summed E-state index contributed by atoms with van der Waals surface area (Å²) in [7, 11) is 0. The van der Waals surface area contributed by atoms with Crippen molar-refractivity contribution in [1.82, 2.24) is 0 Å². The lowest BCUT2D eigenvalue weighted by Crippen LogP contribution is -1.89. The van der Waals surface area contributed by atoms with Crippen LogP contribution in [0.3, 0.4) is 0 Å². The highest BCUT2D eigenvalue weighted by Crippen LogP contribution is 2.08. The molecule has 0 spiro atoms. The maximum Gasteiger partial charge on any atom is 0.307 e. The van der Waals surface area contributed by atoms with Crippen molar-refractivity contribution in [3.63, 3.8) is 0 Å². The van der Waals surface area contributed by atoms with Gasteiger partial charge in [0, 0.05) is 13.3 Å². The fourth-order valence-electron chi connectivity index (χ4n) is 1.70. The maximum atomic E-state index is 10.5. The lowest BCUT2D eigenvalue weighted by Gasteiger charge is -1.98. The van der Waals surface area contributed by atoms with E-state index >= 15 is 0 Å². The summed E-state index contributed by atoms with van der Waals surface area (Å²) in [5, 5.41) is 0. The van der Waals surface area contributed by atoms with Crippen LogP contribution < -0.4 is 0 Å². The lowest BCUT2D eigenvalue weighted by molar-refractivity contribution is -0.135. The van der Waals surface area contributed by atoms with Crippen molar-refractivity contribution in [2.24, 2.45) is 0 Å². The number of carbonyl (C=O) groups is 1. The van der Waals surface area contributed by atoms with Gasteiger partial charge in [-0.2, -0.15) is 0 Å². The van der Waals surface area contributed by atoms with Gasteiger partial charge in [-0.1, -0.05) is 50.5 Å². The topological polar surface area (TPSA) is 26.3 Å². The molecule has 0 fully saturated rings. The van der Waals surface area contributed by atoms with Crippen LogP contribution >= 0.6 is 0 Å². The largest absolute Gasteiger partial charge is 0.435 e. The molecule has 0 aromatic rings. The van der Waals surface area contributed by atoms with Crippen LogP contribution in [0.4, 0.5) is 0 Å². The Hall–Kier alpha value is -1.49. The summed E-state index contributed by atoms with van der Waals surface area (Å²) in [6, 6.07) is 0. The van der Waals surface area contributed by atoms with Crippen molar-refractivity contribution in [2.45, 2.75) is 71.6 Å². The lowest BCUT2D eigenvalue weighted by atomic mass is 10.1. The zero-order valence-corrected chi connectivity index (χ0v) is 13.0. The van der Waals surface area contributed by atoms with E-state index in [4.69, 9.17) is 4.74 Å². The predicted octanol–water partition coefficient (Wildman–Crippen LogP) is 5.15. The maximum absolute atomic E-state index is 10.5. The van der Waals surface area contributed by atoms with Gasteiger partial charge in [0.15, 0.2) is 0 Å². The number of carbonyl (C=O) groups excluding carboxylic acids is 1. The molecule has 0 aliphatic rings. The highest BCUT2D eigenvalue weighted by molar-refractivity contribution is 5.66. The van der Waals surface area contributed by atoms with Gasteiger partial charge >= 0.3 is 5.97 Å². The molecule has 2 nitrogen and oxygen atoms in total. The second kappa shape index (κ2) is 15.6. The highest BCUT2D eigenvalue weighted by Gasteiger charge is 1.90. The van der Waals surface area contributed by atoms with Gasteiger partial charge in [0.1, 0.15) is 0 Å². The van der Waals surface area contributed by atoms with Gasteiger partial charge in [0.25, 0.3) is 0 Å². The normalized spacial score (nSPS) is 10.7. The molecule has 0 unspecified atom stereocenters. The fourth-order valence-corrected chi connectivity index (χ4v) is 1.70.